The lowest BCUT2D eigenvalue weighted by molar-refractivity contribution is -0.128. The summed E-state index contributed by atoms with van der Waals surface area (Å²) in [5.41, 5.74) is 0. The van der Waals surface area contributed by atoms with Crippen molar-refractivity contribution in [2.24, 2.45) is 0 Å². The summed E-state index contributed by atoms with van der Waals surface area (Å²) in [4.78, 5) is 24.7. The first-order valence-electron chi connectivity index (χ1n) is 7.17. The van der Waals surface area contributed by atoms with Gasteiger partial charge in [-0.15, -0.1) is 0 Å². The zero-order valence-corrected chi connectivity index (χ0v) is 12.4. The van der Waals surface area contributed by atoms with Crippen LogP contribution in [0.15, 0.2) is 6.07 Å². The first kappa shape index (κ1) is 13.6. The molecule has 108 valence electrons. The fourth-order valence-electron chi connectivity index (χ4n) is 2.49. The molecule has 0 spiro atoms. The van der Waals surface area contributed by atoms with Crippen LogP contribution in [0.1, 0.15) is 37.4 Å². The summed E-state index contributed by atoms with van der Waals surface area (Å²) < 4.78 is 0. The average Bonchev–Trinajstić information content (AvgIpc) is 3.12. The van der Waals surface area contributed by atoms with Crippen LogP contribution in [-0.2, 0) is 4.79 Å². The molecule has 6 heteroatoms. The van der Waals surface area contributed by atoms with Gasteiger partial charge in [0.2, 0.25) is 5.91 Å². The molecule has 0 radical (unpaired) electrons. The number of hydrogen-bond acceptors (Lipinski definition) is 4. The summed E-state index contributed by atoms with van der Waals surface area (Å²) in [6.45, 7) is 2.10. The third kappa shape index (κ3) is 3.03. The summed E-state index contributed by atoms with van der Waals surface area (Å²) in [6, 6.07) is 1.73. The Hall–Kier alpha value is -1.36. The van der Waals surface area contributed by atoms with Crippen LogP contribution >= 0.6 is 11.6 Å². The van der Waals surface area contributed by atoms with Crippen molar-refractivity contribution in [1.29, 1.82) is 0 Å². The van der Waals surface area contributed by atoms with Gasteiger partial charge >= 0.3 is 0 Å². The Morgan fingerprint density at radius 2 is 2.10 bits per heavy atom. The van der Waals surface area contributed by atoms with Gasteiger partial charge in [-0.2, -0.15) is 0 Å². The van der Waals surface area contributed by atoms with Gasteiger partial charge in [-0.25, -0.2) is 9.97 Å². The fraction of sp³-hybridized carbons (Fsp3) is 0.643. The second-order valence-electron chi connectivity index (χ2n) is 5.63. The van der Waals surface area contributed by atoms with Gasteiger partial charge in [-0.1, -0.05) is 11.6 Å². The fourth-order valence-corrected chi connectivity index (χ4v) is 2.68. The number of carbonyl (C=O) groups is 1. The van der Waals surface area contributed by atoms with Gasteiger partial charge in [0, 0.05) is 32.1 Å². The van der Waals surface area contributed by atoms with Gasteiger partial charge in [0.1, 0.15) is 16.8 Å². The van der Waals surface area contributed by atoms with Gasteiger partial charge in [0.05, 0.1) is 6.54 Å². The highest BCUT2D eigenvalue weighted by Crippen LogP contribution is 2.39. The summed E-state index contributed by atoms with van der Waals surface area (Å²) in [5.74, 6) is 2.16. The zero-order valence-electron chi connectivity index (χ0n) is 11.7. The molecule has 1 amide bonds. The molecular weight excluding hydrogens is 276 g/mol. The van der Waals surface area contributed by atoms with E-state index in [-0.39, 0.29) is 5.91 Å². The Labute approximate surface area is 123 Å². The number of likely N-dealkylation sites (N-methyl/N-ethyl adjacent to an activating group) is 1. The quantitative estimate of drug-likeness (QED) is 0.798. The van der Waals surface area contributed by atoms with Crippen LogP contribution < -0.4 is 4.90 Å². The Morgan fingerprint density at radius 1 is 1.40 bits per heavy atom. The van der Waals surface area contributed by atoms with Crippen LogP contribution in [0.3, 0.4) is 0 Å². The maximum atomic E-state index is 12.2. The maximum Gasteiger partial charge on any atom is 0.242 e. The number of likely N-dealkylation sites (tertiary alicyclic amines) is 1. The molecule has 20 heavy (non-hydrogen) atoms. The Kier molecular flexibility index (Phi) is 3.78. The second-order valence-corrected chi connectivity index (χ2v) is 6.01. The van der Waals surface area contributed by atoms with Gasteiger partial charge in [-0.05, 0) is 25.7 Å². The second kappa shape index (κ2) is 5.56. The van der Waals surface area contributed by atoms with E-state index in [1.54, 1.807) is 6.07 Å². The average molecular weight is 295 g/mol. The molecule has 2 fully saturated rings. The minimum absolute atomic E-state index is 0.160. The predicted molar refractivity (Wildman–Crippen MR) is 78.1 cm³/mol. The predicted octanol–water partition coefficient (Wildman–Crippen LogP) is 2.07. The maximum absolute atomic E-state index is 12.2. The molecule has 0 bridgehead atoms. The number of amides is 1. The number of anilines is 1. The molecule has 1 aliphatic heterocycles. The first-order valence-corrected chi connectivity index (χ1v) is 7.54. The smallest absolute Gasteiger partial charge is 0.242 e. The van der Waals surface area contributed by atoms with E-state index >= 15 is 0 Å². The van der Waals surface area contributed by atoms with E-state index in [1.165, 1.54) is 0 Å². The zero-order chi connectivity index (χ0) is 14.1. The van der Waals surface area contributed by atoms with Crippen molar-refractivity contribution in [3.63, 3.8) is 0 Å². The van der Waals surface area contributed by atoms with Crippen molar-refractivity contribution < 1.29 is 4.79 Å². The van der Waals surface area contributed by atoms with Crippen molar-refractivity contribution in [2.75, 3.05) is 31.6 Å². The summed E-state index contributed by atoms with van der Waals surface area (Å²) in [5, 5.41) is 0.456. The number of halogens is 1. The van der Waals surface area contributed by atoms with Gasteiger partial charge < -0.3 is 9.80 Å². The standard InChI is InChI=1S/C14H19ClN4O/c1-18(9-13(20)19-6-2-3-7-19)12-8-11(15)16-14(17-12)10-4-5-10/h8,10H,2-7,9H2,1H3. The topological polar surface area (TPSA) is 49.3 Å². The van der Waals surface area contributed by atoms with E-state index in [9.17, 15) is 4.79 Å². The van der Waals surface area contributed by atoms with Gasteiger partial charge in [-0.3, -0.25) is 4.79 Å². The molecule has 0 unspecified atom stereocenters. The monoisotopic (exact) mass is 294 g/mol. The van der Waals surface area contributed by atoms with E-state index in [1.807, 2.05) is 16.8 Å². The third-order valence-electron chi connectivity index (χ3n) is 3.86. The van der Waals surface area contributed by atoms with Crippen LogP contribution in [0.5, 0.6) is 0 Å². The normalized spacial score (nSPS) is 18.4. The molecule has 1 aromatic heterocycles. The Morgan fingerprint density at radius 3 is 2.75 bits per heavy atom. The highest BCUT2D eigenvalue weighted by molar-refractivity contribution is 6.29. The molecule has 2 aliphatic rings. The highest BCUT2D eigenvalue weighted by atomic mass is 35.5. The van der Waals surface area contributed by atoms with Crippen LogP contribution in [0.25, 0.3) is 0 Å². The summed E-state index contributed by atoms with van der Waals surface area (Å²) in [6.07, 6.45) is 4.49. The Bertz CT molecular complexity index is 512. The van der Waals surface area contributed by atoms with Crippen LogP contribution in [-0.4, -0.2) is 47.5 Å². The van der Waals surface area contributed by atoms with E-state index in [4.69, 9.17) is 11.6 Å². The lowest BCUT2D eigenvalue weighted by atomic mass is 10.3. The van der Waals surface area contributed by atoms with E-state index < -0.39 is 0 Å². The van der Waals surface area contributed by atoms with E-state index in [0.29, 0.717) is 17.6 Å². The molecule has 1 aliphatic carbocycles. The lowest BCUT2D eigenvalue weighted by Crippen LogP contribution is -2.37. The molecule has 3 rings (SSSR count). The molecule has 0 N–H and O–H groups in total. The molecule has 1 saturated carbocycles. The SMILES string of the molecule is CN(CC(=O)N1CCCC1)c1cc(Cl)nc(C2CC2)n1. The molecule has 1 aromatic rings. The number of hydrogen-bond donors (Lipinski definition) is 0. The number of aromatic nitrogens is 2. The number of rotatable bonds is 4. The largest absolute Gasteiger partial charge is 0.350 e. The molecule has 5 nitrogen and oxygen atoms in total. The van der Waals surface area contributed by atoms with Gasteiger partial charge in [0.15, 0.2) is 0 Å². The minimum Gasteiger partial charge on any atom is -0.350 e. The molecule has 0 aromatic carbocycles. The van der Waals surface area contributed by atoms with Crippen molar-refractivity contribution in [2.45, 2.75) is 31.6 Å². The molecule has 1 saturated heterocycles. The van der Waals surface area contributed by atoms with Crippen molar-refractivity contribution >= 4 is 23.3 Å². The summed E-state index contributed by atoms with van der Waals surface area (Å²) in [7, 11) is 1.88. The highest BCUT2D eigenvalue weighted by Gasteiger charge is 2.28. The first-order chi connectivity index (χ1) is 9.63. The lowest BCUT2D eigenvalue weighted by Gasteiger charge is -2.22. The summed E-state index contributed by atoms with van der Waals surface area (Å²) >= 11 is 6.06. The van der Waals surface area contributed by atoms with Crippen molar-refractivity contribution in [3.05, 3.63) is 17.0 Å². The Balaban J connectivity index is 1.69. The minimum atomic E-state index is 0.160. The van der Waals surface area contributed by atoms with Crippen LogP contribution in [0, 0.1) is 0 Å². The van der Waals surface area contributed by atoms with E-state index in [2.05, 4.69) is 9.97 Å². The third-order valence-corrected chi connectivity index (χ3v) is 4.06. The number of nitrogens with zero attached hydrogens (tertiary/aromatic N) is 4. The molecular formula is C14H19ClN4O. The van der Waals surface area contributed by atoms with Crippen LogP contribution in [0.2, 0.25) is 5.15 Å². The molecule has 0 atom stereocenters. The van der Waals surface area contributed by atoms with Gasteiger partial charge in [0.25, 0.3) is 0 Å². The van der Waals surface area contributed by atoms with E-state index in [0.717, 1.165) is 50.4 Å². The van der Waals surface area contributed by atoms with Crippen molar-refractivity contribution in [3.8, 4) is 0 Å². The van der Waals surface area contributed by atoms with Crippen LogP contribution in [0.4, 0.5) is 5.82 Å². The molecule has 2 heterocycles. The van der Waals surface area contributed by atoms with Crippen molar-refractivity contribution in [1.82, 2.24) is 14.9 Å². The number of carbonyl (C=O) groups excluding carboxylic acids is 1.